The molecule has 0 aliphatic carbocycles. The summed E-state index contributed by atoms with van der Waals surface area (Å²) < 4.78 is 2.07. The van der Waals surface area contributed by atoms with Crippen molar-refractivity contribution in [2.45, 2.75) is 13.5 Å². The van der Waals surface area contributed by atoms with E-state index in [9.17, 15) is 0 Å². The van der Waals surface area contributed by atoms with Gasteiger partial charge in [0, 0.05) is 40.8 Å². The molecular formula is C11H22N4O. The van der Waals surface area contributed by atoms with Gasteiger partial charge in [0.15, 0.2) is 0 Å². The number of anilines is 1. The second kappa shape index (κ2) is 5.86. The van der Waals surface area contributed by atoms with E-state index < -0.39 is 0 Å². The molecule has 1 heterocycles. The van der Waals surface area contributed by atoms with Gasteiger partial charge in [-0.05, 0) is 5.92 Å². The van der Waals surface area contributed by atoms with E-state index in [0.717, 1.165) is 24.7 Å². The Balaban J connectivity index is 2.49. The first-order valence-electron chi connectivity index (χ1n) is 5.55. The smallest absolute Gasteiger partial charge is 0.204 e. The number of imidazole rings is 1. The number of aliphatic hydroxyl groups is 1. The Labute approximate surface area is 97.1 Å². The van der Waals surface area contributed by atoms with E-state index in [4.69, 9.17) is 5.11 Å². The van der Waals surface area contributed by atoms with Crippen LogP contribution in [0.4, 0.5) is 5.95 Å². The van der Waals surface area contributed by atoms with Crippen molar-refractivity contribution in [2.75, 3.05) is 32.1 Å². The standard InChI is InChI=1S/C11H22N4O/c1-9(8-16)5-12-6-10-7-13-11(14(2)3)15(10)4/h7,9,12,16H,5-6,8H2,1-4H3. The summed E-state index contributed by atoms with van der Waals surface area (Å²) in [5.74, 6) is 1.24. The molecule has 5 heteroatoms. The SMILES string of the molecule is CC(CO)CNCc1cnc(N(C)C)n1C. The van der Waals surface area contributed by atoms with Crippen LogP contribution in [0.25, 0.3) is 0 Å². The molecule has 0 saturated heterocycles. The molecule has 1 unspecified atom stereocenters. The molecule has 0 spiro atoms. The number of hydrogen-bond donors (Lipinski definition) is 2. The highest BCUT2D eigenvalue weighted by Crippen LogP contribution is 2.10. The predicted octanol–water partition coefficient (Wildman–Crippen LogP) is 0.204. The Morgan fingerprint density at radius 3 is 2.75 bits per heavy atom. The Morgan fingerprint density at radius 1 is 1.56 bits per heavy atom. The summed E-state index contributed by atoms with van der Waals surface area (Å²) in [4.78, 5) is 6.32. The molecule has 0 fully saturated rings. The van der Waals surface area contributed by atoms with Crippen LogP contribution >= 0.6 is 0 Å². The zero-order valence-electron chi connectivity index (χ0n) is 10.6. The fourth-order valence-electron chi connectivity index (χ4n) is 1.52. The van der Waals surface area contributed by atoms with Crippen molar-refractivity contribution < 1.29 is 5.11 Å². The lowest BCUT2D eigenvalue weighted by molar-refractivity contribution is 0.233. The Kier molecular flexibility index (Phi) is 4.76. The van der Waals surface area contributed by atoms with Gasteiger partial charge in [-0.1, -0.05) is 6.92 Å². The fourth-order valence-corrected chi connectivity index (χ4v) is 1.52. The topological polar surface area (TPSA) is 53.3 Å². The van der Waals surface area contributed by atoms with E-state index in [0.29, 0.717) is 5.92 Å². The summed E-state index contributed by atoms with van der Waals surface area (Å²) in [6.07, 6.45) is 1.88. The van der Waals surface area contributed by atoms with Gasteiger partial charge < -0.3 is 19.9 Å². The second-order valence-electron chi connectivity index (χ2n) is 4.42. The summed E-state index contributed by atoms with van der Waals surface area (Å²) in [6.45, 7) is 3.84. The molecule has 2 N–H and O–H groups in total. The monoisotopic (exact) mass is 226 g/mol. The number of aromatic nitrogens is 2. The molecule has 0 aliphatic heterocycles. The van der Waals surface area contributed by atoms with Crippen molar-refractivity contribution in [1.82, 2.24) is 14.9 Å². The Hall–Kier alpha value is -1.07. The summed E-state index contributed by atoms with van der Waals surface area (Å²) in [6, 6.07) is 0. The summed E-state index contributed by atoms with van der Waals surface area (Å²) in [5.41, 5.74) is 1.15. The second-order valence-corrected chi connectivity index (χ2v) is 4.42. The Bertz CT molecular complexity index is 322. The lowest BCUT2D eigenvalue weighted by Crippen LogP contribution is -2.24. The maximum atomic E-state index is 8.90. The molecule has 0 aromatic carbocycles. The summed E-state index contributed by atoms with van der Waals surface area (Å²) in [7, 11) is 5.97. The minimum absolute atomic E-state index is 0.224. The predicted molar refractivity (Wildman–Crippen MR) is 65.5 cm³/mol. The summed E-state index contributed by atoms with van der Waals surface area (Å²) in [5, 5.41) is 12.2. The van der Waals surface area contributed by atoms with Crippen molar-refractivity contribution in [3.63, 3.8) is 0 Å². The first kappa shape index (κ1) is 13.0. The first-order valence-corrected chi connectivity index (χ1v) is 5.55. The van der Waals surface area contributed by atoms with Gasteiger partial charge >= 0.3 is 0 Å². The van der Waals surface area contributed by atoms with E-state index in [-0.39, 0.29) is 6.61 Å². The van der Waals surface area contributed by atoms with Crippen LogP contribution in [0, 0.1) is 5.92 Å². The van der Waals surface area contributed by atoms with E-state index >= 15 is 0 Å². The number of rotatable bonds is 6. The lowest BCUT2D eigenvalue weighted by atomic mass is 10.2. The third-order valence-electron chi connectivity index (χ3n) is 2.57. The van der Waals surface area contributed by atoms with Gasteiger partial charge in [0.25, 0.3) is 0 Å². The van der Waals surface area contributed by atoms with E-state index in [1.54, 1.807) is 0 Å². The number of nitrogens with one attached hydrogen (secondary N) is 1. The number of aliphatic hydroxyl groups excluding tert-OH is 1. The average molecular weight is 226 g/mol. The van der Waals surface area contributed by atoms with Crippen LogP contribution in [0.5, 0.6) is 0 Å². The van der Waals surface area contributed by atoms with Crippen molar-refractivity contribution in [3.05, 3.63) is 11.9 Å². The molecule has 1 atom stereocenters. The maximum absolute atomic E-state index is 8.90. The minimum atomic E-state index is 0.224. The van der Waals surface area contributed by atoms with Crippen molar-refractivity contribution in [2.24, 2.45) is 13.0 Å². The third-order valence-corrected chi connectivity index (χ3v) is 2.57. The summed E-state index contributed by atoms with van der Waals surface area (Å²) >= 11 is 0. The molecule has 0 saturated carbocycles. The van der Waals surface area contributed by atoms with Crippen LogP contribution in [0.3, 0.4) is 0 Å². The highest BCUT2D eigenvalue weighted by molar-refractivity contribution is 5.30. The highest BCUT2D eigenvalue weighted by atomic mass is 16.3. The van der Waals surface area contributed by atoms with Crippen LogP contribution in [0.1, 0.15) is 12.6 Å². The highest BCUT2D eigenvalue weighted by Gasteiger charge is 2.07. The molecule has 1 aromatic heterocycles. The molecule has 92 valence electrons. The van der Waals surface area contributed by atoms with Crippen LogP contribution in [0.2, 0.25) is 0 Å². The van der Waals surface area contributed by atoms with Crippen molar-refractivity contribution in [3.8, 4) is 0 Å². The van der Waals surface area contributed by atoms with Gasteiger partial charge in [-0.15, -0.1) is 0 Å². The first-order chi connectivity index (χ1) is 7.56. The lowest BCUT2D eigenvalue weighted by Gasteiger charge is -2.13. The third kappa shape index (κ3) is 3.21. The van der Waals surface area contributed by atoms with Crippen LogP contribution < -0.4 is 10.2 Å². The van der Waals surface area contributed by atoms with Gasteiger partial charge in [0.05, 0.1) is 11.9 Å². The van der Waals surface area contributed by atoms with Crippen molar-refractivity contribution >= 4 is 5.95 Å². The van der Waals surface area contributed by atoms with Crippen molar-refractivity contribution in [1.29, 1.82) is 0 Å². The van der Waals surface area contributed by atoms with Crippen LogP contribution in [0.15, 0.2) is 6.20 Å². The van der Waals surface area contributed by atoms with E-state index in [2.05, 4.69) is 14.9 Å². The van der Waals surface area contributed by atoms with E-state index in [1.165, 1.54) is 0 Å². The van der Waals surface area contributed by atoms with Gasteiger partial charge in [-0.3, -0.25) is 0 Å². The molecule has 0 amide bonds. The molecule has 0 aliphatic rings. The normalized spacial score (nSPS) is 12.8. The van der Waals surface area contributed by atoms with Gasteiger partial charge in [-0.2, -0.15) is 0 Å². The zero-order chi connectivity index (χ0) is 12.1. The fraction of sp³-hybridized carbons (Fsp3) is 0.727. The van der Waals surface area contributed by atoms with Gasteiger partial charge in [-0.25, -0.2) is 4.98 Å². The number of hydrogen-bond acceptors (Lipinski definition) is 4. The van der Waals surface area contributed by atoms with E-state index in [1.807, 2.05) is 39.2 Å². The maximum Gasteiger partial charge on any atom is 0.204 e. The van der Waals surface area contributed by atoms with Gasteiger partial charge in [0.1, 0.15) is 0 Å². The molecule has 1 aromatic rings. The molecule has 1 rings (SSSR count). The molecule has 16 heavy (non-hydrogen) atoms. The van der Waals surface area contributed by atoms with Crippen LogP contribution in [-0.4, -0.2) is 41.9 Å². The van der Waals surface area contributed by atoms with Crippen LogP contribution in [-0.2, 0) is 13.6 Å². The average Bonchev–Trinajstić information content (AvgIpc) is 2.60. The quantitative estimate of drug-likeness (QED) is 0.728. The minimum Gasteiger partial charge on any atom is -0.396 e. The molecule has 0 bridgehead atoms. The molecule has 5 nitrogen and oxygen atoms in total. The zero-order valence-corrected chi connectivity index (χ0v) is 10.6. The van der Waals surface area contributed by atoms with Gasteiger partial charge in [0.2, 0.25) is 5.95 Å². The Morgan fingerprint density at radius 2 is 2.25 bits per heavy atom. The number of nitrogens with zero attached hydrogens (tertiary/aromatic N) is 3. The molecule has 0 radical (unpaired) electrons. The molecular weight excluding hydrogens is 204 g/mol. The largest absolute Gasteiger partial charge is 0.396 e.